The van der Waals surface area contributed by atoms with E-state index in [-0.39, 0.29) is 23.4 Å². The van der Waals surface area contributed by atoms with Crippen LogP contribution in [0.5, 0.6) is 0 Å². The molecule has 7 nitrogen and oxygen atoms in total. The summed E-state index contributed by atoms with van der Waals surface area (Å²) in [5.41, 5.74) is 2.09. The van der Waals surface area contributed by atoms with E-state index < -0.39 is 5.82 Å². The second kappa shape index (κ2) is 8.45. The average molecular weight is 423 g/mol. The third-order valence-corrected chi connectivity index (χ3v) is 5.59. The minimum absolute atomic E-state index is 0.0647. The van der Waals surface area contributed by atoms with Gasteiger partial charge in [0.2, 0.25) is 0 Å². The van der Waals surface area contributed by atoms with E-state index in [1.54, 1.807) is 34.2 Å². The third-order valence-electron chi connectivity index (χ3n) is 5.59. The predicted octanol–water partition coefficient (Wildman–Crippen LogP) is 3.45. The van der Waals surface area contributed by atoms with Crippen molar-refractivity contribution in [3.63, 3.8) is 0 Å². The Balaban J connectivity index is 1.56. The normalized spacial score (nSPS) is 14.9. The van der Waals surface area contributed by atoms with Crippen LogP contribution in [0.15, 0.2) is 36.5 Å². The zero-order chi connectivity index (χ0) is 22.1. The fourth-order valence-electron chi connectivity index (χ4n) is 4.00. The molecule has 0 bridgehead atoms. The molecule has 0 spiro atoms. The molecule has 0 N–H and O–H groups in total. The van der Waals surface area contributed by atoms with Gasteiger partial charge in [0.25, 0.3) is 11.8 Å². The molecule has 0 atom stereocenters. The first kappa shape index (κ1) is 21.0. The first-order valence-corrected chi connectivity index (χ1v) is 10.5. The maximum absolute atomic E-state index is 14.0. The summed E-state index contributed by atoms with van der Waals surface area (Å²) in [5, 5.41) is 5.14. The Bertz CT molecular complexity index is 1140. The van der Waals surface area contributed by atoms with E-state index in [0.717, 1.165) is 11.1 Å². The molecule has 1 aliphatic rings. The van der Waals surface area contributed by atoms with E-state index in [1.807, 2.05) is 25.5 Å². The topological polar surface area (TPSA) is 71.3 Å². The van der Waals surface area contributed by atoms with Crippen molar-refractivity contribution in [3.05, 3.63) is 59.2 Å². The van der Waals surface area contributed by atoms with Gasteiger partial charge in [-0.15, -0.1) is 0 Å². The summed E-state index contributed by atoms with van der Waals surface area (Å²) < 4.78 is 15.9. The smallest absolute Gasteiger partial charge is 0.256 e. The average Bonchev–Trinajstić information content (AvgIpc) is 3.01. The number of carbonyl (C=O) groups excluding carboxylic acids is 2. The highest BCUT2D eigenvalue weighted by molar-refractivity contribution is 6.05. The Hall–Kier alpha value is -3.29. The summed E-state index contributed by atoms with van der Waals surface area (Å²) in [6.45, 7) is 7.67. The number of rotatable bonds is 3. The summed E-state index contributed by atoms with van der Waals surface area (Å²) in [6, 6.07) is 7.92. The van der Waals surface area contributed by atoms with Gasteiger partial charge in [0.05, 0.1) is 22.7 Å². The highest BCUT2D eigenvalue weighted by atomic mass is 19.1. The number of aromatic nitrogens is 3. The van der Waals surface area contributed by atoms with Crippen LogP contribution in [0.1, 0.15) is 52.7 Å². The van der Waals surface area contributed by atoms with Crippen molar-refractivity contribution in [2.75, 3.05) is 26.2 Å². The Morgan fingerprint density at radius 2 is 1.65 bits per heavy atom. The van der Waals surface area contributed by atoms with Gasteiger partial charge in [0, 0.05) is 37.9 Å². The van der Waals surface area contributed by atoms with Crippen LogP contribution in [0, 0.1) is 12.7 Å². The molecule has 8 heteroatoms. The van der Waals surface area contributed by atoms with Crippen LogP contribution < -0.4 is 0 Å². The van der Waals surface area contributed by atoms with Crippen molar-refractivity contribution >= 4 is 22.8 Å². The SMILES string of the molecule is Cc1cc(C(=O)N2CCCN(C(=O)c3ccccc3F)CC2)c2cnn(C(C)C)c2n1. The second-order valence-electron chi connectivity index (χ2n) is 8.15. The summed E-state index contributed by atoms with van der Waals surface area (Å²) in [5.74, 6) is -0.965. The molecule has 3 heterocycles. The summed E-state index contributed by atoms with van der Waals surface area (Å²) >= 11 is 0. The molecule has 31 heavy (non-hydrogen) atoms. The molecule has 0 aliphatic carbocycles. The Kier molecular flexibility index (Phi) is 5.71. The molecule has 1 aliphatic heterocycles. The number of carbonyl (C=O) groups is 2. The molecule has 0 saturated carbocycles. The van der Waals surface area contributed by atoms with E-state index in [4.69, 9.17) is 0 Å². The van der Waals surface area contributed by atoms with E-state index >= 15 is 0 Å². The first-order chi connectivity index (χ1) is 14.9. The van der Waals surface area contributed by atoms with Crippen LogP contribution >= 0.6 is 0 Å². The molecule has 2 aromatic heterocycles. The van der Waals surface area contributed by atoms with Crippen molar-refractivity contribution in [1.82, 2.24) is 24.6 Å². The van der Waals surface area contributed by atoms with Crippen molar-refractivity contribution < 1.29 is 14.0 Å². The van der Waals surface area contributed by atoms with Gasteiger partial charge in [-0.25, -0.2) is 14.1 Å². The number of aryl methyl sites for hydroxylation is 1. The largest absolute Gasteiger partial charge is 0.337 e. The number of fused-ring (bicyclic) bond motifs is 1. The fourth-order valence-corrected chi connectivity index (χ4v) is 4.00. The van der Waals surface area contributed by atoms with Crippen molar-refractivity contribution in [2.24, 2.45) is 0 Å². The van der Waals surface area contributed by atoms with E-state index in [9.17, 15) is 14.0 Å². The molecular weight excluding hydrogens is 397 g/mol. The molecule has 0 unspecified atom stereocenters. The maximum atomic E-state index is 14.0. The minimum Gasteiger partial charge on any atom is -0.337 e. The number of benzene rings is 1. The molecule has 162 valence electrons. The highest BCUT2D eigenvalue weighted by Gasteiger charge is 2.26. The molecule has 1 saturated heterocycles. The van der Waals surface area contributed by atoms with Crippen molar-refractivity contribution in [1.29, 1.82) is 0 Å². The van der Waals surface area contributed by atoms with Crippen LogP contribution in [-0.2, 0) is 0 Å². The van der Waals surface area contributed by atoms with Crippen molar-refractivity contribution in [3.8, 4) is 0 Å². The lowest BCUT2D eigenvalue weighted by atomic mass is 10.1. The number of amides is 2. The van der Waals surface area contributed by atoms with E-state index in [2.05, 4.69) is 10.1 Å². The van der Waals surface area contributed by atoms with Gasteiger partial charge in [0.15, 0.2) is 5.65 Å². The Labute approximate surface area is 180 Å². The van der Waals surface area contributed by atoms with E-state index in [1.165, 1.54) is 12.1 Å². The number of halogens is 1. The zero-order valence-electron chi connectivity index (χ0n) is 18.0. The maximum Gasteiger partial charge on any atom is 0.256 e. The van der Waals surface area contributed by atoms with Gasteiger partial charge >= 0.3 is 0 Å². The second-order valence-corrected chi connectivity index (χ2v) is 8.15. The molecule has 3 aromatic rings. The van der Waals surface area contributed by atoms with Gasteiger partial charge < -0.3 is 9.80 Å². The molecule has 4 rings (SSSR count). The van der Waals surface area contributed by atoms with Gasteiger partial charge in [0.1, 0.15) is 5.82 Å². The minimum atomic E-state index is -0.526. The number of nitrogens with zero attached hydrogens (tertiary/aromatic N) is 5. The summed E-state index contributed by atoms with van der Waals surface area (Å²) in [6.07, 6.45) is 2.32. The molecule has 0 radical (unpaired) electrons. The standard InChI is InChI=1S/C23H26FN5O2/c1-15(2)29-21-19(14-25-29)18(13-16(3)26-21)23(31)28-10-6-9-27(11-12-28)22(30)17-7-4-5-8-20(17)24/h4-5,7-8,13-15H,6,9-12H2,1-3H3. The van der Waals surface area contributed by atoms with Crippen molar-refractivity contribution in [2.45, 2.75) is 33.2 Å². The highest BCUT2D eigenvalue weighted by Crippen LogP contribution is 2.23. The molecule has 1 fully saturated rings. The lowest BCUT2D eigenvalue weighted by Gasteiger charge is -2.23. The van der Waals surface area contributed by atoms with Crippen LogP contribution in [-0.4, -0.2) is 62.6 Å². The monoisotopic (exact) mass is 423 g/mol. The van der Waals surface area contributed by atoms with Crippen LogP contribution in [0.3, 0.4) is 0 Å². The van der Waals surface area contributed by atoms with Gasteiger partial charge in [-0.2, -0.15) is 5.10 Å². The first-order valence-electron chi connectivity index (χ1n) is 10.5. The van der Waals surface area contributed by atoms with Crippen LogP contribution in [0.2, 0.25) is 0 Å². The number of hydrogen-bond acceptors (Lipinski definition) is 4. The van der Waals surface area contributed by atoms with Gasteiger partial charge in [-0.05, 0) is 45.4 Å². The van der Waals surface area contributed by atoms with Gasteiger partial charge in [-0.3, -0.25) is 9.59 Å². The number of pyridine rings is 1. The molecule has 1 aromatic carbocycles. The molecular formula is C23H26FN5O2. The lowest BCUT2D eigenvalue weighted by Crippen LogP contribution is -2.37. The lowest BCUT2D eigenvalue weighted by molar-refractivity contribution is 0.0717. The number of hydrogen-bond donors (Lipinski definition) is 0. The van der Waals surface area contributed by atoms with E-state index in [0.29, 0.717) is 43.8 Å². The Morgan fingerprint density at radius 1 is 1.00 bits per heavy atom. The van der Waals surface area contributed by atoms with Gasteiger partial charge in [-0.1, -0.05) is 12.1 Å². The zero-order valence-corrected chi connectivity index (χ0v) is 18.0. The predicted molar refractivity (Wildman–Crippen MR) is 115 cm³/mol. The molecule has 2 amide bonds. The van der Waals surface area contributed by atoms with Crippen LogP contribution in [0.4, 0.5) is 4.39 Å². The fraction of sp³-hybridized carbons (Fsp3) is 0.391. The van der Waals surface area contributed by atoms with Crippen LogP contribution in [0.25, 0.3) is 11.0 Å². The summed E-state index contributed by atoms with van der Waals surface area (Å²) in [7, 11) is 0. The summed E-state index contributed by atoms with van der Waals surface area (Å²) in [4.78, 5) is 34.1. The quantitative estimate of drug-likeness (QED) is 0.647. The Morgan fingerprint density at radius 3 is 2.29 bits per heavy atom. The third kappa shape index (κ3) is 4.02.